The monoisotopic (exact) mass is 549 g/mol. The lowest BCUT2D eigenvalue weighted by atomic mass is 10.0. The van der Waals surface area contributed by atoms with Crippen LogP contribution in [0.1, 0.15) is 63.6 Å². The molecule has 1 N–H and O–H groups in total. The minimum Gasteiger partial charge on any atom is -0.350 e. The SMILES string of the molecule is CC[C@@H](C(=O)NC(C)(C)C)N(Cc1cccc(C)c1)C(=O)CCCN(c1cc(Cl)ccc1C)S(C)(=O)=O. The second-order valence-electron chi connectivity index (χ2n) is 10.5. The standard InChI is InChI=1S/C28H40ClN3O4S/c1-8-24(27(34)30-28(4,5)6)31(19-22-12-9-11-20(2)17-22)26(33)13-10-16-32(37(7,35)36)25-18-23(29)15-14-21(25)3/h9,11-12,14-15,17-18,24H,8,10,13,16,19H2,1-7H3,(H,30,34)/t24-/m0/s1. The largest absolute Gasteiger partial charge is 0.350 e. The fourth-order valence-corrected chi connectivity index (χ4v) is 5.39. The molecular formula is C28H40ClN3O4S. The molecule has 0 bridgehead atoms. The van der Waals surface area contributed by atoms with E-state index in [0.29, 0.717) is 30.1 Å². The van der Waals surface area contributed by atoms with Crippen LogP contribution >= 0.6 is 11.6 Å². The summed E-state index contributed by atoms with van der Waals surface area (Å²) >= 11 is 6.13. The van der Waals surface area contributed by atoms with Gasteiger partial charge in [0.15, 0.2) is 0 Å². The van der Waals surface area contributed by atoms with Gasteiger partial charge in [-0.25, -0.2) is 8.42 Å². The normalized spacial score (nSPS) is 12.6. The van der Waals surface area contributed by atoms with E-state index < -0.39 is 21.6 Å². The average Bonchev–Trinajstić information content (AvgIpc) is 2.76. The minimum absolute atomic E-state index is 0.0940. The van der Waals surface area contributed by atoms with Crippen molar-refractivity contribution in [2.24, 2.45) is 0 Å². The Labute approximate surface area is 227 Å². The smallest absolute Gasteiger partial charge is 0.243 e. The van der Waals surface area contributed by atoms with Gasteiger partial charge in [-0.05, 0) is 70.7 Å². The molecule has 2 amide bonds. The van der Waals surface area contributed by atoms with Gasteiger partial charge in [0.1, 0.15) is 6.04 Å². The van der Waals surface area contributed by atoms with Crippen molar-refractivity contribution in [3.8, 4) is 0 Å². The number of nitrogens with zero attached hydrogens (tertiary/aromatic N) is 2. The number of sulfonamides is 1. The Bertz CT molecular complexity index is 1210. The number of halogens is 1. The molecule has 0 aromatic heterocycles. The van der Waals surface area contributed by atoms with Crippen LogP contribution in [0.3, 0.4) is 0 Å². The van der Waals surface area contributed by atoms with Gasteiger partial charge < -0.3 is 10.2 Å². The average molecular weight is 550 g/mol. The number of anilines is 1. The number of hydrogen-bond acceptors (Lipinski definition) is 4. The highest BCUT2D eigenvalue weighted by atomic mass is 35.5. The van der Waals surface area contributed by atoms with Gasteiger partial charge in [-0.3, -0.25) is 13.9 Å². The molecule has 9 heteroatoms. The molecular weight excluding hydrogens is 510 g/mol. The topological polar surface area (TPSA) is 86.8 Å². The van der Waals surface area contributed by atoms with Gasteiger partial charge in [0.25, 0.3) is 0 Å². The maximum Gasteiger partial charge on any atom is 0.243 e. The van der Waals surface area contributed by atoms with E-state index in [9.17, 15) is 18.0 Å². The Morgan fingerprint density at radius 3 is 2.32 bits per heavy atom. The summed E-state index contributed by atoms with van der Waals surface area (Å²) in [6.45, 7) is 11.8. The van der Waals surface area contributed by atoms with Crippen LogP contribution in [0.15, 0.2) is 42.5 Å². The fourth-order valence-electron chi connectivity index (χ4n) is 4.21. The van der Waals surface area contributed by atoms with Crippen molar-refractivity contribution in [3.05, 3.63) is 64.2 Å². The van der Waals surface area contributed by atoms with Crippen LogP contribution in [0.5, 0.6) is 0 Å². The zero-order valence-electron chi connectivity index (χ0n) is 23.0. The Hall–Kier alpha value is -2.58. The molecule has 0 aliphatic carbocycles. The quantitative estimate of drug-likeness (QED) is 0.416. The summed E-state index contributed by atoms with van der Waals surface area (Å²) in [5.74, 6) is -0.406. The number of aryl methyl sites for hydroxylation is 2. The van der Waals surface area contributed by atoms with E-state index in [1.165, 1.54) is 4.31 Å². The Balaban J connectivity index is 2.28. The van der Waals surface area contributed by atoms with Gasteiger partial charge >= 0.3 is 0 Å². The molecule has 0 aliphatic heterocycles. The van der Waals surface area contributed by atoms with Crippen LogP contribution in [0.4, 0.5) is 5.69 Å². The number of rotatable bonds is 11. The number of benzene rings is 2. The van der Waals surface area contributed by atoms with E-state index in [-0.39, 0.29) is 24.8 Å². The van der Waals surface area contributed by atoms with Crippen LogP contribution in [-0.2, 0) is 26.2 Å². The van der Waals surface area contributed by atoms with E-state index in [1.807, 2.05) is 65.8 Å². The molecule has 0 fully saturated rings. The first-order valence-corrected chi connectivity index (χ1v) is 14.8. The molecule has 0 saturated heterocycles. The van der Waals surface area contributed by atoms with Crippen molar-refractivity contribution in [2.45, 2.75) is 78.9 Å². The van der Waals surface area contributed by atoms with E-state index in [4.69, 9.17) is 11.6 Å². The van der Waals surface area contributed by atoms with Crippen LogP contribution in [0.25, 0.3) is 0 Å². The highest BCUT2D eigenvalue weighted by Crippen LogP contribution is 2.27. The maximum absolute atomic E-state index is 13.5. The third-order valence-electron chi connectivity index (χ3n) is 5.91. The van der Waals surface area contributed by atoms with Crippen LogP contribution in [0.2, 0.25) is 5.02 Å². The molecule has 2 aromatic carbocycles. The maximum atomic E-state index is 13.5. The van der Waals surface area contributed by atoms with E-state index in [1.54, 1.807) is 23.1 Å². The van der Waals surface area contributed by atoms with Gasteiger partial charge in [0.05, 0.1) is 11.9 Å². The van der Waals surface area contributed by atoms with Crippen molar-refractivity contribution < 1.29 is 18.0 Å². The molecule has 1 atom stereocenters. The van der Waals surface area contributed by atoms with E-state index in [0.717, 1.165) is 22.9 Å². The summed E-state index contributed by atoms with van der Waals surface area (Å²) in [5.41, 5.74) is 2.83. The van der Waals surface area contributed by atoms with E-state index in [2.05, 4.69) is 5.32 Å². The summed E-state index contributed by atoms with van der Waals surface area (Å²) in [6.07, 6.45) is 1.98. The first-order valence-electron chi connectivity index (χ1n) is 12.5. The third-order valence-corrected chi connectivity index (χ3v) is 7.33. The van der Waals surface area contributed by atoms with Crippen molar-refractivity contribution in [1.82, 2.24) is 10.2 Å². The molecule has 37 heavy (non-hydrogen) atoms. The lowest BCUT2D eigenvalue weighted by molar-refractivity contribution is -0.142. The minimum atomic E-state index is -3.60. The van der Waals surface area contributed by atoms with Crippen molar-refractivity contribution in [2.75, 3.05) is 17.1 Å². The summed E-state index contributed by atoms with van der Waals surface area (Å²) in [7, 11) is -3.60. The number of carbonyl (C=O) groups excluding carboxylic acids is 2. The fraction of sp³-hybridized carbons (Fsp3) is 0.500. The number of amides is 2. The summed E-state index contributed by atoms with van der Waals surface area (Å²) < 4.78 is 26.5. The number of hydrogen-bond donors (Lipinski definition) is 1. The van der Waals surface area contributed by atoms with Crippen LogP contribution in [-0.4, -0.2) is 49.5 Å². The second-order valence-corrected chi connectivity index (χ2v) is 12.9. The molecule has 0 unspecified atom stereocenters. The molecule has 2 rings (SSSR count). The Morgan fingerprint density at radius 1 is 1.08 bits per heavy atom. The first kappa shape index (κ1) is 30.6. The number of carbonyl (C=O) groups is 2. The molecule has 0 spiro atoms. The summed E-state index contributed by atoms with van der Waals surface area (Å²) in [6, 6.07) is 12.3. The van der Waals surface area contributed by atoms with Crippen LogP contribution in [0, 0.1) is 13.8 Å². The van der Waals surface area contributed by atoms with Crippen LogP contribution < -0.4 is 9.62 Å². The predicted molar refractivity (Wildman–Crippen MR) is 151 cm³/mol. The molecule has 0 saturated carbocycles. The molecule has 7 nitrogen and oxygen atoms in total. The molecule has 0 radical (unpaired) electrons. The molecule has 0 heterocycles. The number of nitrogens with one attached hydrogen (secondary N) is 1. The molecule has 204 valence electrons. The first-order chi connectivity index (χ1) is 17.1. The Kier molecular flexibility index (Phi) is 10.6. The van der Waals surface area contributed by atoms with Crippen molar-refractivity contribution in [1.29, 1.82) is 0 Å². The Morgan fingerprint density at radius 2 is 1.76 bits per heavy atom. The lowest BCUT2D eigenvalue weighted by Crippen LogP contribution is -2.53. The zero-order chi connectivity index (χ0) is 28.0. The third kappa shape index (κ3) is 9.34. The van der Waals surface area contributed by atoms with Crippen molar-refractivity contribution >= 4 is 39.1 Å². The summed E-state index contributed by atoms with van der Waals surface area (Å²) in [5, 5.41) is 3.43. The predicted octanol–water partition coefficient (Wildman–Crippen LogP) is 5.23. The van der Waals surface area contributed by atoms with Gasteiger partial charge in [0.2, 0.25) is 21.8 Å². The lowest BCUT2D eigenvalue weighted by Gasteiger charge is -2.33. The van der Waals surface area contributed by atoms with Gasteiger partial charge in [-0.2, -0.15) is 0 Å². The van der Waals surface area contributed by atoms with Crippen molar-refractivity contribution in [3.63, 3.8) is 0 Å². The molecule has 0 aliphatic rings. The summed E-state index contributed by atoms with van der Waals surface area (Å²) in [4.78, 5) is 28.3. The van der Waals surface area contributed by atoms with Gasteiger partial charge in [0, 0.05) is 30.1 Å². The second kappa shape index (κ2) is 12.8. The highest BCUT2D eigenvalue weighted by Gasteiger charge is 2.31. The van der Waals surface area contributed by atoms with E-state index >= 15 is 0 Å². The zero-order valence-corrected chi connectivity index (χ0v) is 24.5. The highest BCUT2D eigenvalue weighted by molar-refractivity contribution is 7.92. The van der Waals surface area contributed by atoms with Gasteiger partial charge in [-0.15, -0.1) is 0 Å². The molecule has 2 aromatic rings. The van der Waals surface area contributed by atoms with Gasteiger partial charge in [-0.1, -0.05) is 54.4 Å².